The number of ether oxygens (including phenoxy) is 2. The fourth-order valence-corrected chi connectivity index (χ4v) is 1.50. The van der Waals surface area contributed by atoms with Crippen LogP contribution >= 0.6 is 0 Å². The lowest BCUT2D eigenvalue weighted by Crippen LogP contribution is -2.20. The first-order chi connectivity index (χ1) is 7.38. The molecule has 2 rings (SSSR count). The molecule has 1 unspecified atom stereocenters. The molecule has 0 aliphatic carbocycles. The summed E-state index contributed by atoms with van der Waals surface area (Å²) in [6.07, 6.45) is 4.42. The number of nitrogens with zero attached hydrogens (tertiary/aromatic N) is 2. The smallest absolute Gasteiger partial charge is 0.235 e. The van der Waals surface area contributed by atoms with Crippen LogP contribution in [0.3, 0.4) is 0 Å². The van der Waals surface area contributed by atoms with E-state index in [1.807, 2.05) is 6.92 Å². The Morgan fingerprint density at radius 2 is 2.33 bits per heavy atom. The minimum Gasteiger partial charge on any atom is -0.477 e. The van der Waals surface area contributed by atoms with Crippen LogP contribution in [0.15, 0.2) is 12.4 Å². The van der Waals surface area contributed by atoms with Crippen molar-refractivity contribution in [2.24, 2.45) is 0 Å². The van der Waals surface area contributed by atoms with Crippen LogP contribution in [0.4, 0.5) is 0 Å². The maximum absolute atomic E-state index is 5.65. The molecule has 5 nitrogen and oxygen atoms in total. The van der Waals surface area contributed by atoms with Crippen molar-refractivity contribution in [3.05, 3.63) is 12.4 Å². The zero-order chi connectivity index (χ0) is 10.5. The Balaban J connectivity index is 1.97. The third kappa shape index (κ3) is 2.79. The second-order valence-electron chi connectivity index (χ2n) is 3.36. The van der Waals surface area contributed by atoms with Gasteiger partial charge in [0.1, 0.15) is 6.10 Å². The number of aromatic nitrogens is 2. The summed E-state index contributed by atoms with van der Waals surface area (Å²) in [5.74, 6) is 1.05. The minimum absolute atomic E-state index is 0.205. The van der Waals surface area contributed by atoms with Crippen molar-refractivity contribution >= 4 is 0 Å². The Hall–Kier alpha value is -1.36. The highest BCUT2D eigenvalue weighted by atomic mass is 16.5. The van der Waals surface area contributed by atoms with Gasteiger partial charge in [0.15, 0.2) is 0 Å². The molecule has 1 aromatic heterocycles. The van der Waals surface area contributed by atoms with Crippen molar-refractivity contribution in [2.45, 2.75) is 19.4 Å². The molecule has 0 aromatic carbocycles. The second-order valence-corrected chi connectivity index (χ2v) is 3.36. The van der Waals surface area contributed by atoms with E-state index in [1.54, 1.807) is 12.4 Å². The van der Waals surface area contributed by atoms with E-state index in [0.717, 1.165) is 19.5 Å². The van der Waals surface area contributed by atoms with Crippen molar-refractivity contribution in [2.75, 3.05) is 19.7 Å². The van der Waals surface area contributed by atoms with Gasteiger partial charge in [-0.2, -0.15) is 4.98 Å². The van der Waals surface area contributed by atoms with E-state index in [-0.39, 0.29) is 6.10 Å². The Morgan fingerprint density at radius 1 is 1.47 bits per heavy atom. The molecule has 5 heteroatoms. The lowest BCUT2D eigenvalue weighted by molar-refractivity contribution is 0.208. The number of hydrogen-bond donors (Lipinski definition) is 1. The molecular weight excluding hydrogens is 194 g/mol. The van der Waals surface area contributed by atoms with Gasteiger partial charge < -0.3 is 14.8 Å². The number of nitrogens with one attached hydrogen (secondary N) is 1. The maximum atomic E-state index is 5.65. The predicted molar refractivity (Wildman–Crippen MR) is 55.1 cm³/mol. The third-order valence-electron chi connectivity index (χ3n) is 2.19. The van der Waals surface area contributed by atoms with Gasteiger partial charge in [0.25, 0.3) is 0 Å². The van der Waals surface area contributed by atoms with Gasteiger partial charge in [-0.15, -0.1) is 0 Å². The highest BCUT2D eigenvalue weighted by molar-refractivity contribution is 5.13. The molecule has 2 heterocycles. The fraction of sp³-hybridized carbons (Fsp3) is 0.600. The first-order valence-electron chi connectivity index (χ1n) is 5.20. The van der Waals surface area contributed by atoms with Gasteiger partial charge in [0.05, 0.1) is 19.0 Å². The quantitative estimate of drug-likeness (QED) is 0.787. The number of hydrogen-bond acceptors (Lipinski definition) is 5. The minimum atomic E-state index is 0.205. The van der Waals surface area contributed by atoms with E-state index < -0.39 is 0 Å². The fourth-order valence-electron chi connectivity index (χ4n) is 1.50. The monoisotopic (exact) mass is 209 g/mol. The van der Waals surface area contributed by atoms with Gasteiger partial charge in [-0.05, 0) is 19.9 Å². The van der Waals surface area contributed by atoms with Gasteiger partial charge in [-0.3, -0.25) is 4.98 Å². The van der Waals surface area contributed by atoms with Gasteiger partial charge in [0, 0.05) is 6.54 Å². The lowest BCUT2D eigenvalue weighted by atomic mass is 10.3. The van der Waals surface area contributed by atoms with Crippen LogP contribution in [0, 0.1) is 0 Å². The molecule has 0 amide bonds. The van der Waals surface area contributed by atoms with Gasteiger partial charge in [-0.1, -0.05) is 0 Å². The zero-order valence-corrected chi connectivity index (χ0v) is 8.77. The average molecular weight is 209 g/mol. The number of rotatable bonds is 4. The Labute approximate surface area is 88.8 Å². The molecule has 0 spiro atoms. The summed E-state index contributed by atoms with van der Waals surface area (Å²) < 4.78 is 10.9. The average Bonchev–Trinajstić information content (AvgIpc) is 2.71. The van der Waals surface area contributed by atoms with Crippen LogP contribution in [0.25, 0.3) is 0 Å². The Kier molecular flexibility index (Phi) is 3.34. The summed E-state index contributed by atoms with van der Waals surface area (Å²) in [5.41, 5.74) is 0. The summed E-state index contributed by atoms with van der Waals surface area (Å²) in [7, 11) is 0. The highest BCUT2D eigenvalue weighted by Gasteiger charge is 2.16. The standard InChI is InChI=1S/C10H15N3O2/c1-2-14-9-6-12-7-10(13-9)15-8-3-4-11-5-8/h6-8,11H,2-5H2,1H3. The van der Waals surface area contributed by atoms with E-state index in [1.165, 1.54) is 0 Å². The first kappa shape index (κ1) is 10.2. The molecule has 82 valence electrons. The van der Waals surface area contributed by atoms with Crippen molar-refractivity contribution in [3.63, 3.8) is 0 Å². The van der Waals surface area contributed by atoms with Crippen LogP contribution in [0.1, 0.15) is 13.3 Å². The van der Waals surface area contributed by atoms with E-state index in [2.05, 4.69) is 15.3 Å². The van der Waals surface area contributed by atoms with Crippen molar-refractivity contribution in [3.8, 4) is 11.8 Å². The lowest BCUT2D eigenvalue weighted by Gasteiger charge is -2.11. The van der Waals surface area contributed by atoms with Crippen molar-refractivity contribution < 1.29 is 9.47 Å². The van der Waals surface area contributed by atoms with E-state index >= 15 is 0 Å². The normalized spacial score (nSPS) is 20.2. The largest absolute Gasteiger partial charge is 0.477 e. The summed E-state index contributed by atoms with van der Waals surface area (Å²) in [6, 6.07) is 0. The Bertz CT molecular complexity index is 313. The molecule has 1 fully saturated rings. The van der Waals surface area contributed by atoms with Gasteiger partial charge in [-0.25, -0.2) is 0 Å². The SMILES string of the molecule is CCOc1cncc(OC2CCNC2)n1. The topological polar surface area (TPSA) is 56.3 Å². The van der Waals surface area contributed by atoms with Gasteiger partial charge >= 0.3 is 0 Å². The third-order valence-corrected chi connectivity index (χ3v) is 2.19. The summed E-state index contributed by atoms with van der Waals surface area (Å²) in [5, 5.41) is 3.23. The predicted octanol–water partition coefficient (Wildman–Crippen LogP) is 0.616. The molecular formula is C10H15N3O2. The molecule has 1 atom stereocenters. The van der Waals surface area contributed by atoms with Crippen LogP contribution in [0.5, 0.6) is 11.8 Å². The summed E-state index contributed by atoms with van der Waals surface area (Å²) in [4.78, 5) is 8.20. The maximum Gasteiger partial charge on any atom is 0.235 e. The second kappa shape index (κ2) is 4.93. The van der Waals surface area contributed by atoms with E-state index in [4.69, 9.17) is 9.47 Å². The summed E-state index contributed by atoms with van der Waals surface area (Å²) >= 11 is 0. The van der Waals surface area contributed by atoms with Gasteiger partial charge in [0.2, 0.25) is 11.8 Å². The van der Waals surface area contributed by atoms with Crippen LogP contribution < -0.4 is 14.8 Å². The molecule has 1 aliphatic rings. The molecule has 0 bridgehead atoms. The molecule has 1 saturated heterocycles. The Morgan fingerprint density at radius 3 is 3.07 bits per heavy atom. The van der Waals surface area contributed by atoms with E-state index in [0.29, 0.717) is 18.4 Å². The molecule has 0 saturated carbocycles. The molecule has 1 aromatic rings. The van der Waals surface area contributed by atoms with Crippen molar-refractivity contribution in [1.82, 2.24) is 15.3 Å². The first-order valence-corrected chi connectivity index (χ1v) is 5.20. The van der Waals surface area contributed by atoms with Crippen molar-refractivity contribution in [1.29, 1.82) is 0 Å². The molecule has 15 heavy (non-hydrogen) atoms. The van der Waals surface area contributed by atoms with Crippen LogP contribution in [0.2, 0.25) is 0 Å². The molecule has 1 N–H and O–H groups in total. The molecule has 1 aliphatic heterocycles. The van der Waals surface area contributed by atoms with Crippen LogP contribution in [-0.2, 0) is 0 Å². The summed E-state index contributed by atoms with van der Waals surface area (Å²) in [6.45, 7) is 4.38. The van der Waals surface area contributed by atoms with Crippen LogP contribution in [-0.4, -0.2) is 35.8 Å². The highest BCUT2D eigenvalue weighted by Crippen LogP contribution is 2.14. The molecule has 0 radical (unpaired) electrons. The zero-order valence-electron chi connectivity index (χ0n) is 8.77. The van der Waals surface area contributed by atoms with E-state index in [9.17, 15) is 0 Å².